The minimum absolute atomic E-state index is 0.0135. The van der Waals surface area contributed by atoms with Gasteiger partial charge < -0.3 is 69.6 Å². The van der Waals surface area contributed by atoms with Gasteiger partial charge in [-0.3, -0.25) is 0 Å². The number of hydrogen-bond acceptors (Lipinski definition) is 14. The summed E-state index contributed by atoms with van der Waals surface area (Å²) < 4.78 is 28.3. The zero-order chi connectivity index (χ0) is 25.7. The summed E-state index contributed by atoms with van der Waals surface area (Å²) in [7, 11) is 0. The molecule has 15 atom stereocenters. The van der Waals surface area contributed by atoms with Crippen molar-refractivity contribution >= 4 is 0 Å². The second kappa shape index (κ2) is 10.4. The molecule has 0 radical (unpaired) electrons. The molecular weight excluding hydrogens is 476 g/mol. The zero-order valence-electron chi connectivity index (χ0n) is 18.9. The summed E-state index contributed by atoms with van der Waals surface area (Å²) >= 11 is 0. The van der Waals surface area contributed by atoms with Crippen LogP contribution in [0.25, 0.3) is 0 Å². The molecule has 1 saturated carbocycles. The van der Waals surface area contributed by atoms with Crippen LogP contribution in [0, 0.1) is 11.8 Å². The third-order valence-corrected chi connectivity index (χ3v) is 7.34. The Morgan fingerprint density at radius 1 is 0.771 bits per heavy atom. The van der Waals surface area contributed by atoms with Gasteiger partial charge in [0, 0.05) is 12.3 Å². The molecule has 14 nitrogen and oxygen atoms in total. The highest BCUT2D eigenvalue weighted by molar-refractivity contribution is 5.11. The van der Waals surface area contributed by atoms with Crippen LogP contribution in [-0.2, 0) is 23.7 Å². The van der Waals surface area contributed by atoms with Crippen LogP contribution >= 0.6 is 0 Å². The van der Waals surface area contributed by atoms with E-state index in [1.807, 2.05) is 0 Å². The van der Waals surface area contributed by atoms with E-state index in [4.69, 9.17) is 23.7 Å². The monoisotopic (exact) mass is 510 g/mol. The van der Waals surface area contributed by atoms with Crippen LogP contribution in [0.4, 0.5) is 0 Å². The smallest absolute Gasteiger partial charge is 0.207 e. The molecule has 0 bridgehead atoms. The minimum Gasteiger partial charge on any atom is -0.472 e. The molecule has 1 aliphatic carbocycles. The maximum absolute atomic E-state index is 10.7. The second-order valence-corrected chi connectivity index (χ2v) is 9.67. The lowest BCUT2D eigenvalue weighted by Gasteiger charge is -2.47. The van der Waals surface area contributed by atoms with Crippen molar-refractivity contribution in [3.8, 4) is 0 Å². The number of hydrogen-bond donors (Lipinski definition) is 9. The number of ether oxygens (including phenoxy) is 5. The molecule has 4 aliphatic rings. The Morgan fingerprint density at radius 2 is 1.31 bits per heavy atom. The van der Waals surface area contributed by atoms with E-state index in [2.05, 4.69) is 0 Å². The molecule has 0 spiro atoms. The minimum atomic E-state index is -1.69. The first-order valence-electron chi connectivity index (χ1n) is 11.5. The Bertz CT molecular complexity index is 750. The van der Waals surface area contributed by atoms with Crippen LogP contribution in [0.2, 0.25) is 0 Å². The molecule has 202 valence electrons. The summed E-state index contributed by atoms with van der Waals surface area (Å²) in [5.41, 5.74) is -1.32. The lowest BCUT2D eigenvalue weighted by Crippen LogP contribution is -2.62. The lowest BCUT2D eigenvalue weighted by molar-refractivity contribution is -0.361. The van der Waals surface area contributed by atoms with E-state index < -0.39 is 104 Å². The molecule has 0 amide bonds. The summed E-state index contributed by atoms with van der Waals surface area (Å²) in [4.78, 5) is 0. The number of fused-ring (bicyclic) bond motifs is 1. The molecule has 4 rings (SSSR count). The summed E-state index contributed by atoms with van der Waals surface area (Å²) in [5, 5.41) is 90.6. The fraction of sp³-hybridized carbons (Fsp3) is 0.905. The van der Waals surface area contributed by atoms with Crippen LogP contribution in [-0.4, -0.2) is 139 Å². The molecule has 3 aliphatic heterocycles. The van der Waals surface area contributed by atoms with Gasteiger partial charge >= 0.3 is 0 Å². The molecule has 35 heavy (non-hydrogen) atoms. The van der Waals surface area contributed by atoms with E-state index in [0.29, 0.717) is 0 Å². The van der Waals surface area contributed by atoms with Gasteiger partial charge in [0.15, 0.2) is 12.6 Å². The molecule has 14 heteroatoms. The van der Waals surface area contributed by atoms with Crippen LogP contribution in [0.3, 0.4) is 0 Å². The van der Waals surface area contributed by atoms with Gasteiger partial charge in [-0.25, -0.2) is 0 Å². The molecule has 3 heterocycles. The quantitative estimate of drug-likeness (QED) is 0.163. The molecule has 2 saturated heterocycles. The van der Waals surface area contributed by atoms with Crippen molar-refractivity contribution in [1.82, 2.24) is 0 Å². The maximum atomic E-state index is 10.7. The summed E-state index contributed by atoms with van der Waals surface area (Å²) in [6.45, 7) is 0.290. The standard InChI is InChI=1S/C21H34O14/c1-21(35-20-17(30)15(28)13(26)10(6-23)33-20)4-8(24)7-2-3-31-18(11(7)21)34-19-16(29)14(27)12(25)9(5-22)32-19/h2-3,7-20,22-30H,4-6H2,1H3/t7-,8-,9+,10+,11+,12+,13+,14-,15-,16+,17+,18-,19-,20-,21-/m0/s1. The third kappa shape index (κ3) is 4.84. The van der Waals surface area contributed by atoms with Crippen molar-refractivity contribution < 1.29 is 69.6 Å². The normalized spacial score (nSPS) is 54.3. The van der Waals surface area contributed by atoms with Gasteiger partial charge in [-0.2, -0.15) is 0 Å². The zero-order valence-corrected chi connectivity index (χ0v) is 18.9. The van der Waals surface area contributed by atoms with Gasteiger partial charge in [0.1, 0.15) is 48.8 Å². The predicted molar refractivity (Wildman–Crippen MR) is 110 cm³/mol. The highest BCUT2D eigenvalue weighted by atomic mass is 16.8. The molecular formula is C21H34O14. The molecule has 3 fully saturated rings. The van der Waals surface area contributed by atoms with Gasteiger partial charge in [-0.1, -0.05) is 0 Å². The Kier molecular flexibility index (Phi) is 8.05. The molecule has 0 unspecified atom stereocenters. The summed E-state index contributed by atoms with van der Waals surface area (Å²) in [6.07, 6.45) is -14.6. The van der Waals surface area contributed by atoms with Crippen molar-refractivity contribution in [3.05, 3.63) is 12.3 Å². The van der Waals surface area contributed by atoms with Crippen molar-refractivity contribution in [2.45, 2.75) is 92.8 Å². The number of aliphatic hydroxyl groups excluding tert-OH is 9. The third-order valence-electron chi connectivity index (χ3n) is 7.34. The Labute approximate surface area is 200 Å². The average molecular weight is 510 g/mol. The first-order valence-corrected chi connectivity index (χ1v) is 11.5. The van der Waals surface area contributed by atoms with Gasteiger partial charge in [0.25, 0.3) is 0 Å². The molecule has 9 N–H and O–H groups in total. The molecule has 0 aromatic carbocycles. The van der Waals surface area contributed by atoms with Crippen molar-refractivity contribution in [1.29, 1.82) is 0 Å². The maximum Gasteiger partial charge on any atom is 0.207 e. The Morgan fingerprint density at radius 3 is 1.89 bits per heavy atom. The number of aliphatic hydroxyl groups is 9. The summed E-state index contributed by atoms with van der Waals surface area (Å²) in [6, 6.07) is 0. The molecule has 0 aromatic heterocycles. The van der Waals surface area contributed by atoms with E-state index in [9.17, 15) is 46.0 Å². The van der Waals surface area contributed by atoms with Crippen LogP contribution in [0.1, 0.15) is 13.3 Å². The first kappa shape index (κ1) is 27.1. The largest absolute Gasteiger partial charge is 0.472 e. The fourth-order valence-corrected chi connectivity index (χ4v) is 5.33. The fourth-order valence-electron chi connectivity index (χ4n) is 5.33. The highest BCUT2D eigenvalue weighted by Gasteiger charge is 2.60. The Hall–Kier alpha value is -0.980. The lowest BCUT2D eigenvalue weighted by atomic mass is 9.84. The Balaban J connectivity index is 1.55. The second-order valence-electron chi connectivity index (χ2n) is 9.67. The van der Waals surface area contributed by atoms with Gasteiger partial charge in [-0.15, -0.1) is 0 Å². The van der Waals surface area contributed by atoms with Gasteiger partial charge in [0.05, 0.1) is 37.1 Å². The van der Waals surface area contributed by atoms with Crippen molar-refractivity contribution in [3.63, 3.8) is 0 Å². The van der Waals surface area contributed by atoms with Crippen molar-refractivity contribution in [2.24, 2.45) is 11.8 Å². The van der Waals surface area contributed by atoms with Gasteiger partial charge in [-0.05, 0) is 13.0 Å². The van der Waals surface area contributed by atoms with E-state index in [1.54, 1.807) is 13.0 Å². The average Bonchev–Trinajstić information content (AvgIpc) is 3.10. The van der Waals surface area contributed by atoms with E-state index in [-0.39, 0.29) is 6.42 Å². The van der Waals surface area contributed by atoms with Crippen LogP contribution < -0.4 is 0 Å². The van der Waals surface area contributed by atoms with Crippen LogP contribution in [0.5, 0.6) is 0 Å². The highest BCUT2D eigenvalue weighted by Crippen LogP contribution is 2.50. The number of rotatable bonds is 6. The van der Waals surface area contributed by atoms with Crippen LogP contribution in [0.15, 0.2) is 12.3 Å². The summed E-state index contributed by atoms with van der Waals surface area (Å²) in [5.74, 6) is -1.37. The van der Waals surface area contributed by atoms with E-state index in [0.717, 1.165) is 0 Å². The topological polar surface area (TPSA) is 228 Å². The SMILES string of the molecule is C[C@]1(O[C@@H]2O[C@H](CO)[C@@H](O)[C@H](O)[C@H]2O)C[C@H](O)[C@@H]2C=CO[C@@H](O[C@@H]3O[C@H](CO)[C@@H](O)[C@H](O)[C@H]3O)[C@@H]21. The van der Waals surface area contributed by atoms with Gasteiger partial charge in [0.2, 0.25) is 6.29 Å². The first-order chi connectivity index (χ1) is 16.5. The predicted octanol–water partition coefficient (Wildman–Crippen LogP) is -4.75. The van der Waals surface area contributed by atoms with Crippen molar-refractivity contribution in [2.75, 3.05) is 13.2 Å². The van der Waals surface area contributed by atoms with E-state index in [1.165, 1.54) is 6.26 Å². The molecule has 0 aromatic rings. The van der Waals surface area contributed by atoms with E-state index >= 15 is 0 Å².